The van der Waals surface area contributed by atoms with Crippen LogP contribution in [0.5, 0.6) is 0 Å². The van der Waals surface area contributed by atoms with E-state index in [-0.39, 0.29) is 36.8 Å². The van der Waals surface area contributed by atoms with E-state index in [1.807, 2.05) is 36.4 Å². The highest BCUT2D eigenvalue weighted by Crippen LogP contribution is 2.29. The summed E-state index contributed by atoms with van der Waals surface area (Å²) in [5.41, 5.74) is 0.702. The Balaban J connectivity index is 0.00000156. The average Bonchev–Trinajstić information content (AvgIpc) is 2.58. The Morgan fingerprint density at radius 3 is 2.72 bits per heavy atom. The van der Waals surface area contributed by atoms with Gasteiger partial charge in [-0.25, -0.2) is 4.98 Å². The second-order valence-electron chi connectivity index (χ2n) is 5.43. The number of hydrogen-bond acceptors (Lipinski definition) is 4. The van der Waals surface area contributed by atoms with E-state index >= 15 is 0 Å². The highest BCUT2D eigenvalue weighted by Gasteiger charge is 2.18. The SMILES string of the molecule is Cl.Cl.O=C(NC1CCCNC1)c1ccccc1Sc1ccc(Br)cn1. The van der Waals surface area contributed by atoms with Gasteiger partial charge in [0.15, 0.2) is 0 Å². The van der Waals surface area contributed by atoms with E-state index in [2.05, 4.69) is 31.5 Å². The maximum Gasteiger partial charge on any atom is 0.252 e. The van der Waals surface area contributed by atoms with E-state index in [1.165, 1.54) is 11.8 Å². The molecule has 1 aliphatic rings. The zero-order valence-electron chi connectivity index (χ0n) is 13.4. The number of nitrogens with zero attached hydrogens (tertiary/aromatic N) is 1. The highest BCUT2D eigenvalue weighted by molar-refractivity contribution is 9.10. The molecule has 1 unspecified atom stereocenters. The van der Waals surface area contributed by atoms with Crippen molar-refractivity contribution < 1.29 is 4.79 Å². The van der Waals surface area contributed by atoms with Crippen LogP contribution < -0.4 is 10.6 Å². The topological polar surface area (TPSA) is 54.0 Å². The van der Waals surface area contributed by atoms with Crippen LogP contribution in [0.25, 0.3) is 0 Å². The van der Waals surface area contributed by atoms with Crippen LogP contribution in [0, 0.1) is 0 Å². The summed E-state index contributed by atoms with van der Waals surface area (Å²) in [6.45, 7) is 1.88. The predicted molar refractivity (Wildman–Crippen MR) is 110 cm³/mol. The number of amides is 1. The van der Waals surface area contributed by atoms with Crippen LogP contribution in [0.1, 0.15) is 23.2 Å². The zero-order valence-corrected chi connectivity index (χ0v) is 17.4. The molecule has 1 fully saturated rings. The van der Waals surface area contributed by atoms with Crippen molar-refractivity contribution in [1.82, 2.24) is 15.6 Å². The molecule has 0 bridgehead atoms. The van der Waals surface area contributed by atoms with E-state index in [0.29, 0.717) is 5.56 Å². The number of piperidine rings is 1. The van der Waals surface area contributed by atoms with Gasteiger partial charge in [-0.3, -0.25) is 4.79 Å². The molecule has 25 heavy (non-hydrogen) atoms. The molecule has 1 amide bonds. The lowest BCUT2D eigenvalue weighted by Gasteiger charge is -2.24. The number of carbonyl (C=O) groups is 1. The fourth-order valence-corrected chi connectivity index (χ4v) is 3.64. The molecule has 1 aromatic heterocycles. The first-order valence-electron chi connectivity index (χ1n) is 7.62. The third kappa shape index (κ3) is 6.46. The number of halogens is 3. The Hall–Kier alpha value is -0.790. The molecule has 1 aromatic carbocycles. The maximum atomic E-state index is 12.6. The first-order valence-corrected chi connectivity index (χ1v) is 9.23. The second kappa shape index (κ2) is 11.0. The van der Waals surface area contributed by atoms with Crippen LogP contribution in [0.3, 0.4) is 0 Å². The predicted octanol–water partition coefficient (Wildman–Crippen LogP) is 4.32. The number of carbonyl (C=O) groups excluding carboxylic acids is 1. The molecule has 0 saturated carbocycles. The highest BCUT2D eigenvalue weighted by atomic mass is 79.9. The van der Waals surface area contributed by atoms with Gasteiger partial charge in [-0.2, -0.15) is 0 Å². The minimum atomic E-state index is -0.0149. The number of rotatable bonds is 4. The summed E-state index contributed by atoms with van der Waals surface area (Å²) in [5.74, 6) is -0.0149. The molecule has 0 aliphatic carbocycles. The van der Waals surface area contributed by atoms with Crippen LogP contribution in [-0.2, 0) is 0 Å². The van der Waals surface area contributed by atoms with Gasteiger partial charge < -0.3 is 10.6 Å². The number of pyridine rings is 1. The van der Waals surface area contributed by atoms with Gasteiger partial charge >= 0.3 is 0 Å². The summed E-state index contributed by atoms with van der Waals surface area (Å²) < 4.78 is 0.942. The molecule has 2 heterocycles. The minimum absolute atomic E-state index is 0. The molecule has 2 aromatic rings. The summed E-state index contributed by atoms with van der Waals surface area (Å²) >= 11 is 4.89. The van der Waals surface area contributed by atoms with E-state index < -0.39 is 0 Å². The Kier molecular flexibility index (Phi) is 9.82. The van der Waals surface area contributed by atoms with Crippen LogP contribution >= 0.6 is 52.5 Å². The van der Waals surface area contributed by atoms with Gasteiger partial charge in [0.2, 0.25) is 0 Å². The first-order chi connectivity index (χ1) is 11.2. The van der Waals surface area contributed by atoms with Crippen LogP contribution in [-0.4, -0.2) is 30.0 Å². The minimum Gasteiger partial charge on any atom is -0.348 e. The maximum absolute atomic E-state index is 12.6. The molecular formula is C17H20BrCl2N3OS. The van der Waals surface area contributed by atoms with Crippen molar-refractivity contribution in [3.05, 3.63) is 52.6 Å². The molecule has 1 saturated heterocycles. The largest absolute Gasteiger partial charge is 0.348 e. The van der Waals surface area contributed by atoms with E-state index in [4.69, 9.17) is 0 Å². The molecule has 136 valence electrons. The first kappa shape index (κ1) is 22.3. The van der Waals surface area contributed by atoms with E-state index in [0.717, 1.165) is 40.3 Å². The fourth-order valence-electron chi connectivity index (χ4n) is 2.52. The third-order valence-electron chi connectivity index (χ3n) is 3.68. The second-order valence-corrected chi connectivity index (χ2v) is 7.41. The summed E-state index contributed by atoms with van der Waals surface area (Å²) in [6, 6.07) is 11.8. The Bertz CT molecular complexity index is 682. The van der Waals surface area contributed by atoms with Crippen molar-refractivity contribution in [1.29, 1.82) is 0 Å². The van der Waals surface area contributed by atoms with Crippen molar-refractivity contribution >= 4 is 58.4 Å². The molecule has 4 nitrogen and oxygen atoms in total. The molecule has 1 aliphatic heterocycles. The quantitative estimate of drug-likeness (QED) is 0.707. The van der Waals surface area contributed by atoms with Crippen LogP contribution in [0.4, 0.5) is 0 Å². The monoisotopic (exact) mass is 463 g/mol. The van der Waals surface area contributed by atoms with Gasteiger partial charge in [-0.15, -0.1) is 24.8 Å². The van der Waals surface area contributed by atoms with Gasteiger partial charge in [0.1, 0.15) is 5.03 Å². The Morgan fingerprint density at radius 2 is 2.04 bits per heavy atom. The summed E-state index contributed by atoms with van der Waals surface area (Å²) in [7, 11) is 0. The molecule has 3 rings (SSSR count). The Labute approximate surface area is 172 Å². The summed E-state index contributed by atoms with van der Waals surface area (Å²) in [6.07, 6.45) is 3.89. The van der Waals surface area contributed by atoms with Gasteiger partial charge in [-0.1, -0.05) is 23.9 Å². The Morgan fingerprint density at radius 1 is 1.24 bits per heavy atom. The van der Waals surface area contributed by atoms with Gasteiger partial charge in [0, 0.05) is 28.2 Å². The zero-order chi connectivity index (χ0) is 16.1. The van der Waals surface area contributed by atoms with Crippen molar-refractivity contribution in [2.45, 2.75) is 28.8 Å². The van der Waals surface area contributed by atoms with Crippen molar-refractivity contribution in [3.8, 4) is 0 Å². The number of aromatic nitrogens is 1. The number of nitrogens with one attached hydrogen (secondary N) is 2. The standard InChI is InChI=1S/C17H18BrN3OS.2ClH/c18-12-7-8-16(20-10-12)23-15-6-2-1-5-14(15)17(22)21-13-4-3-9-19-11-13;;/h1-2,5-8,10,13,19H,3-4,9,11H2,(H,21,22);2*1H. The van der Waals surface area contributed by atoms with Gasteiger partial charge in [-0.05, 0) is 59.6 Å². The summed E-state index contributed by atoms with van der Waals surface area (Å²) in [5, 5.41) is 7.31. The number of benzene rings is 1. The third-order valence-corrected chi connectivity index (χ3v) is 5.17. The molecule has 2 N–H and O–H groups in total. The summed E-state index contributed by atoms with van der Waals surface area (Å²) in [4.78, 5) is 17.9. The molecular weight excluding hydrogens is 445 g/mol. The fraction of sp³-hybridized carbons (Fsp3) is 0.294. The molecule has 8 heteroatoms. The van der Waals surface area contributed by atoms with E-state index in [1.54, 1.807) is 6.20 Å². The van der Waals surface area contributed by atoms with Crippen molar-refractivity contribution in [2.24, 2.45) is 0 Å². The normalized spacial score (nSPS) is 16.3. The molecule has 1 atom stereocenters. The van der Waals surface area contributed by atoms with Crippen LogP contribution in [0.2, 0.25) is 0 Å². The molecule has 0 radical (unpaired) electrons. The molecule has 0 spiro atoms. The van der Waals surface area contributed by atoms with Crippen molar-refractivity contribution in [2.75, 3.05) is 13.1 Å². The van der Waals surface area contributed by atoms with Gasteiger partial charge in [0.25, 0.3) is 5.91 Å². The smallest absolute Gasteiger partial charge is 0.252 e. The lowest BCUT2D eigenvalue weighted by molar-refractivity contribution is 0.0927. The van der Waals surface area contributed by atoms with Crippen molar-refractivity contribution in [3.63, 3.8) is 0 Å². The lowest BCUT2D eigenvalue weighted by Crippen LogP contribution is -2.45. The average molecular weight is 465 g/mol. The lowest BCUT2D eigenvalue weighted by atomic mass is 10.1. The number of hydrogen-bond donors (Lipinski definition) is 2. The van der Waals surface area contributed by atoms with Crippen LogP contribution in [0.15, 0.2) is 57.0 Å². The van der Waals surface area contributed by atoms with E-state index in [9.17, 15) is 4.79 Å². The van der Waals surface area contributed by atoms with Gasteiger partial charge in [0.05, 0.1) is 5.56 Å².